The summed E-state index contributed by atoms with van der Waals surface area (Å²) in [4.78, 5) is 25.5. The third-order valence-corrected chi connectivity index (χ3v) is 5.68. The minimum absolute atomic E-state index is 0.285. The maximum absolute atomic E-state index is 13.1. The van der Waals surface area contributed by atoms with Gasteiger partial charge in [-0.25, -0.2) is 4.79 Å². The van der Waals surface area contributed by atoms with Gasteiger partial charge in [0.05, 0.1) is 12.1 Å². The van der Waals surface area contributed by atoms with Crippen molar-refractivity contribution in [3.63, 3.8) is 0 Å². The van der Waals surface area contributed by atoms with Crippen LogP contribution < -0.4 is 15.4 Å². The molecule has 3 N–H and O–H groups in total. The molecule has 2 amide bonds. The molecule has 1 aliphatic rings. The monoisotopic (exact) mass is 468 g/mol. The Bertz CT molecular complexity index is 924. The SMILES string of the molecule is CC(C)(C)OC(=O)NC(Cc1ccc(OCc2ccccc2)cc1)C(=O)N[C@H]1CCCC[C@@H]1O. The van der Waals surface area contributed by atoms with Crippen LogP contribution in [0, 0.1) is 0 Å². The number of alkyl carbamates (subject to hydrolysis) is 1. The predicted molar refractivity (Wildman–Crippen MR) is 130 cm³/mol. The summed E-state index contributed by atoms with van der Waals surface area (Å²) in [5.41, 5.74) is 1.27. The number of nitrogens with one attached hydrogen (secondary N) is 2. The van der Waals surface area contributed by atoms with Gasteiger partial charge < -0.3 is 25.2 Å². The van der Waals surface area contributed by atoms with Crippen LogP contribution >= 0.6 is 0 Å². The van der Waals surface area contributed by atoms with Gasteiger partial charge in [-0.2, -0.15) is 0 Å². The Hall–Kier alpha value is -3.06. The van der Waals surface area contributed by atoms with E-state index in [0.717, 1.165) is 36.1 Å². The second-order valence-electron chi connectivity index (χ2n) is 9.79. The van der Waals surface area contributed by atoms with Gasteiger partial charge in [0.25, 0.3) is 0 Å². The molecule has 1 aliphatic carbocycles. The highest BCUT2D eigenvalue weighted by molar-refractivity contribution is 5.86. The fraction of sp³-hybridized carbons (Fsp3) is 0.481. The summed E-state index contributed by atoms with van der Waals surface area (Å²) in [5.74, 6) is 0.389. The minimum atomic E-state index is -0.833. The highest BCUT2D eigenvalue weighted by atomic mass is 16.6. The predicted octanol–water partition coefficient (Wildman–Crippen LogP) is 4.12. The molecule has 0 heterocycles. The lowest BCUT2D eigenvalue weighted by Gasteiger charge is -2.30. The van der Waals surface area contributed by atoms with Crippen LogP contribution in [-0.2, 0) is 22.6 Å². The quantitative estimate of drug-likeness (QED) is 0.542. The molecule has 7 heteroatoms. The Morgan fingerprint density at radius 1 is 1.00 bits per heavy atom. The Morgan fingerprint density at radius 3 is 2.32 bits per heavy atom. The van der Waals surface area contributed by atoms with Crippen molar-refractivity contribution in [2.24, 2.45) is 0 Å². The summed E-state index contributed by atoms with van der Waals surface area (Å²) in [6.07, 6.45) is 2.36. The normalized spacial score (nSPS) is 19.1. The summed E-state index contributed by atoms with van der Waals surface area (Å²) in [5, 5.41) is 15.9. The number of hydrogen-bond donors (Lipinski definition) is 3. The molecule has 3 atom stereocenters. The molecule has 184 valence electrons. The van der Waals surface area contributed by atoms with Gasteiger partial charge in [0.15, 0.2) is 0 Å². The van der Waals surface area contributed by atoms with E-state index >= 15 is 0 Å². The smallest absolute Gasteiger partial charge is 0.408 e. The molecule has 34 heavy (non-hydrogen) atoms. The molecule has 0 spiro atoms. The highest BCUT2D eigenvalue weighted by Gasteiger charge is 2.30. The zero-order valence-electron chi connectivity index (χ0n) is 20.3. The Morgan fingerprint density at radius 2 is 1.68 bits per heavy atom. The number of hydrogen-bond acceptors (Lipinski definition) is 5. The average Bonchev–Trinajstić information content (AvgIpc) is 2.79. The number of aliphatic hydroxyl groups excluding tert-OH is 1. The molecule has 7 nitrogen and oxygen atoms in total. The third-order valence-electron chi connectivity index (χ3n) is 5.68. The minimum Gasteiger partial charge on any atom is -0.489 e. The third kappa shape index (κ3) is 8.37. The van der Waals surface area contributed by atoms with Crippen LogP contribution in [0.25, 0.3) is 0 Å². The van der Waals surface area contributed by atoms with E-state index in [9.17, 15) is 14.7 Å². The van der Waals surface area contributed by atoms with E-state index in [1.165, 1.54) is 0 Å². The van der Waals surface area contributed by atoms with Gasteiger partial charge in [0, 0.05) is 6.42 Å². The number of ether oxygens (including phenoxy) is 2. The van der Waals surface area contributed by atoms with Gasteiger partial charge in [-0.3, -0.25) is 4.79 Å². The zero-order valence-corrected chi connectivity index (χ0v) is 20.3. The first-order chi connectivity index (χ1) is 16.2. The second kappa shape index (κ2) is 11.9. The van der Waals surface area contributed by atoms with Gasteiger partial charge in [-0.05, 0) is 56.9 Å². The molecular weight excluding hydrogens is 432 g/mol. The number of amides is 2. The summed E-state index contributed by atoms with van der Waals surface area (Å²) in [7, 11) is 0. The second-order valence-corrected chi connectivity index (χ2v) is 9.79. The van der Waals surface area contributed by atoms with Crippen molar-refractivity contribution in [3.8, 4) is 5.75 Å². The molecule has 2 aromatic carbocycles. The Balaban J connectivity index is 1.64. The van der Waals surface area contributed by atoms with Crippen LogP contribution in [0.2, 0.25) is 0 Å². The summed E-state index contributed by atoms with van der Waals surface area (Å²) in [6.45, 7) is 5.78. The number of benzene rings is 2. The van der Waals surface area contributed by atoms with Crippen molar-refractivity contribution in [2.45, 2.75) is 83.3 Å². The van der Waals surface area contributed by atoms with E-state index in [2.05, 4.69) is 10.6 Å². The van der Waals surface area contributed by atoms with Gasteiger partial charge in [-0.1, -0.05) is 55.3 Å². The van der Waals surface area contributed by atoms with Crippen LogP contribution in [0.4, 0.5) is 4.79 Å². The maximum atomic E-state index is 13.1. The van der Waals surface area contributed by atoms with E-state index in [1.54, 1.807) is 20.8 Å². The largest absolute Gasteiger partial charge is 0.489 e. The van der Waals surface area contributed by atoms with Gasteiger partial charge in [-0.15, -0.1) is 0 Å². The average molecular weight is 469 g/mol. The first kappa shape index (κ1) is 25.6. The number of rotatable bonds is 8. The zero-order chi connectivity index (χ0) is 24.6. The maximum Gasteiger partial charge on any atom is 0.408 e. The first-order valence-corrected chi connectivity index (χ1v) is 11.9. The van der Waals surface area contributed by atoms with Crippen LogP contribution in [0.15, 0.2) is 54.6 Å². The highest BCUT2D eigenvalue weighted by Crippen LogP contribution is 2.19. The first-order valence-electron chi connectivity index (χ1n) is 11.9. The van der Waals surface area contributed by atoms with Crippen molar-refractivity contribution >= 4 is 12.0 Å². The summed E-state index contributed by atoms with van der Waals surface area (Å²) < 4.78 is 11.2. The van der Waals surface area contributed by atoms with Crippen LogP contribution in [0.3, 0.4) is 0 Å². The van der Waals surface area contributed by atoms with E-state index < -0.39 is 23.8 Å². The molecule has 0 radical (unpaired) electrons. The van der Waals surface area contributed by atoms with Gasteiger partial charge in [0.2, 0.25) is 5.91 Å². The van der Waals surface area contributed by atoms with E-state index in [0.29, 0.717) is 13.0 Å². The molecule has 1 fully saturated rings. The fourth-order valence-corrected chi connectivity index (χ4v) is 3.92. The summed E-state index contributed by atoms with van der Waals surface area (Å²) >= 11 is 0. The van der Waals surface area contributed by atoms with Crippen molar-refractivity contribution in [2.75, 3.05) is 0 Å². The van der Waals surface area contributed by atoms with Crippen LogP contribution in [-0.4, -0.2) is 40.9 Å². The topological polar surface area (TPSA) is 96.9 Å². The van der Waals surface area contributed by atoms with Crippen molar-refractivity contribution < 1.29 is 24.2 Å². The molecule has 0 saturated heterocycles. The van der Waals surface area contributed by atoms with Crippen molar-refractivity contribution in [1.82, 2.24) is 10.6 Å². The molecule has 0 bridgehead atoms. The molecule has 1 saturated carbocycles. The van der Waals surface area contributed by atoms with Crippen molar-refractivity contribution in [3.05, 3.63) is 65.7 Å². The number of aliphatic hydroxyl groups is 1. The van der Waals surface area contributed by atoms with E-state index in [4.69, 9.17) is 9.47 Å². The number of carbonyl (C=O) groups excluding carboxylic acids is 2. The lowest BCUT2D eigenvalue weighted by atomic mass is 9.92. The van der Waals surface area contributed by atoms with Gasteiger partial charge >= 0.3 is 6.09 Å². The molecule has 0 aromatic heterocycles. The lowest BCUT2D eigenvalue weighted by molar-refractivity contribution is -0.125. The standard InChI is InChI=1S/C27H36N2O5/c1-27(2,3)34-26(32)29-23(25(31)28-22-11-7-8-12-24(22)30)17-19-13-15-21(16-14-19)33-18-20-9-5-4-6-10-20/h4-6,9-10,13-16,22-24,30H,7-8,11-12,17-18H2,1-3H3,(H,28,31)(H,29,32)/t22-,23?,24-/m0/s1. The molecule has 2 aromatic rings. The summed E-state index contributed by atoms with van der Waals surface area (Å²) in [6, 6.07) is 16.2. The Labute approximate surface area is 201 Å². The molecule has 0 aliphatic heterocycles. The molecule has 3 rings (SSSR count). The molecular formula is C27H36N2O5. The number of carbonyl (C=O) groups is 2. The molecule has 1 unspecified atom stereocenters. The van der Waals surface area contributed by atoms with Crippen LogP contribution in [0.5, 0.6) is 5.75 Å². The van der Waals surface area contributed by atoms with Crippen LogP contribution in [0.1, 0.15) is 57.6 Å². The van der Waals surface area contributed by atoms with E-state index in [-0.39, 0.29) is 18.4 Å². The van der Waals surface area contributed by atoms with Gasteiger partial charge in [0.1, 0.15) is 24.0 Å². The Kier molecular flexibility index (Phi) is 8.93. The van der Waals surface area contributed by atoms with Crippen molar-refractivity contribution in [1.29, 1.82) is 0 Å². The fourth-order valence-electron chi connectivity index (χ4n) is 3.92. The lowest BCUT2D eigenvalue weighted by Crippen LogP contribution is -2.54. The van der Waals surface area contributed by atoms with E-state index in [1.807, 2.05) is 54.6 Å².